The third kappa shape index (κ3) is 8.50. The van der Waals surface area contributed by atoms with Crippen LogP contribution in [0.1, 0.15) is 31.2 Å². The monoisotopic (exact) mass is 344 g/mol. The Labute approximate surface area is 134 Å². The van der Waals surface area contributed by atoms with Gasteiger partial charge in [0.05, 0.1) is 6.16 Å². The van der Waals surface area contributed by atoms with E-state index in [1.807, 2.05) is 30.3 Å². The van der Waals surface area contributed by atoms with Crippen LogP contribution in [0.2, 0.25) is 0 Å². The molecule has 2 atom stereocenters. The van der Waals surface area contributed by atoms with E-state index in [-0.39, 0.29) is 12.6 Å². The molecule has 128 valence electrons. The van der Waals surface area contributed by atoms with Crippen LogP contribution in [0.25, 0.3) is 0 Å². The lowest BCUT2D eigenvalue weighted by Crippen LogP contribution is -2.24. The van der Waals surface area contributed by atoms with Crippen LogP contribution < -0.4 is 0 Å². The molecular weight excluding hydrogens is 323 g/mol. The quantitative estimate of drug-likeness (QED) is 0.416. The number of aryl methyl sites for hydroxylation is 1. The fourth-order valence-electron chi connectivity index (χ4n) is 2.01. The van der Waals surface area contributed by atoms with Crippen molar-refractivity contribution in [2.75, 3.05) is 6.16 Å². The molecule has 8 heteroatoms. The third-order valence-electron chi connectivity index (χ3n) is 3.19. The standard InChI is InChI=1S/C15H21O7P/c16-14(17)10-9-13(15(18)19)22-23(20,21)11-5-4-8-12-6-2-1-3-7-12/h1-3,6-7,13H,4-5,8-11H2,(H,16,17)(H,18,19)(H,20,21). The summed E-state index contributed by atoms with van der Waals surface area (Å²) in [6, 6.07) is 9.65. The number of unbranched alkanes of at least 4 members (excludes halogenated alkanes) is 1. The van der Waals surface area contributed by atoms with Crippen molar-refractivity contribution in [2.45, 2.75) is 38.2 Å². The molecule has 0 amide bonds. The average Bonchev–Trinajstić information content (AvgIpc) is 2.48. The minimum absolute atomic E-state index is 0.156. The zero-order chi connectivity index (χ0) is 17.3. The molecule has 1 rings (SSSR count). The molecule has 0 aliphatic carbocycles. The van der Waals surface area contributed by atoms with Crippen molar-refractivity contribution < 1.29 is 33.8 Å². The lowest BCUT2D eigenvalue weighted by molar-refractivity contribution is -0.146. The SMILES string of the molecule is O=C(O)CCC(OP(=O)(O)CCCCc1ccccc1)C(=O)O. The van der Waals surface area contributed by atoms with E-state index in [0.29, 0.717) is 12.8 Å². The van der Waals surface area contributed by atoms with E-state index < -0.39 is 32.1 Å². The van der Waals surface area contributed by atoms with Crippen LogP contribution in [0.15, 0.2) is 30.3 Å². The first-order valence-electron chi connectivity index (χ1n) is 7.29. The van der Waals surface area contributed by atoms with Crippen LogP contribution in [0, 0.1) is 0 Å². The molecule has 2 unspecified atom stereocenters. The van der Waals surface area contributed by atoms with Crippen molar-refractivity contribution in [3.8, 4) is 0 Å². The van der Waals surface area contributed by atoms with E-state index in [9.17, 15) is 19.0 Å². The third-order valence-corrected chi connectivity index (χ3v) is 4.65. The van der Waals surface area contributed by atoms with Crippen molar-refractivity contribution >= 4 is 19.5 Å². The number of benzene rings is 1. The van der Waals surface area contributed by atoms with Crippen LogP contribution in [0.4, 0.5) is 0 Å². The van der Waals surface area contributed by atoms with Crippen molar-refractivity contribution in [1.29, 1.82) is 0 Å². The zero-order valence-electron chi connectivity index (χ0n) is 12.6. The van der Waals surface area contributed by atoms with Gasteiger partial charge in [-0.15, -0.1) is 0 Å². The van der Waals surface area contributed by atoms with Gasteiger partial charge in [-0.05, 0) is 31.2 Å². The first-order valence-corrected chi connectivity index (χ1v) is 9.05. The van der Waals surface area contributed by atoms with Gasteiger partial charge in [-0.3, -0.25) is 13.9 Å². The maximum Gasteiger partial charge on any atom is 0.333 e. The highest BCUT2D eigenvalue weighted by Crippen LogP contribution is 2.44. The van der Waals surface area contributed by atoms with Crippen molar-refractivity contribution in [3.05, 3.63) is 35.9 Å². The summed E-state index contributed by atoms with van der Waals surface area (Å²) < 4.78 is 16.7. The van der Waals surface area contributed by atoms with Gasteiger partial charge < -0.3 is 15.1 Å². The largest absolute Gasteiger partial charge is 0.481 e. The molecule has 0 saturated heterocycles. The lowest BCUT2D eigenvalue weighted by atomic mass is 10.1. The summed E-state index contributed by atoms with van der Waals surface area (Å²) in [6.07, 6.45) is -0.696. The summed E-state index contributed by atoms with van der Waals surface area (Å²) in [6.45, 7) is 0. The normalized spacial score (nSPS) is 14.8. The van der Waals surface area contributed by atoms with Gasteiger partial charge in [0.1, 0.15) is 0 Å². The van der Waals surface area contributed by atoms with Crippen molar-refractivity contribution in [1.82, 2.24) is 0 Å². The molecule has 1 aromatic carbocycles. The molecule has 7 nitrogen and oxygen atoms in total. The Morgan fingerprint density at radius 3 is 2.35 bits per heavy atom. The van der Waals surface area contributed by atoms with Gasteiger partial charge in [-0.1, -0.05) is 30.3 Å². The molecule has 3 N–H and O–H groups in total. The zero-order valence-corrected chi connectivity index (χ0v) is 13.5. The van der Waals surface area contributed by atoms with Gasteiger partial charge in [0.15, 0.2) is 6.10 Å². The minimum Gasteiger partial charge on any atom is -0.481 e. The molecule has 0 heterocycles. The molecule has 0 aliphatic heterocycles. The highest BCUT2D eigenvalue weighted by atomic mass is 31.2. The van der Waals surface area contributed by atoms with Crippen LogP contribution >= 0.6 is 7.60 Å². The molecule has 1 aromatic rings. The number of carbonyl (C=O) groups is 2. The Bertz CT molecular complexity index is 558. The molecule has 0 spiro atoms. The Balaban J connectivity index is 2.39. The second-order valence-corrected chi connectivity index (χ2v) is 7.10. The smallest absolute Gasteiger partial charge is 0.333 e. The fraction of sp³-hybridized carbons (Fsp3) is 0.467. The lowest BCUT2D eigenvalue weighted by Gasteiger charge is -2.17. The molecule has 0 saturated carbocycles. The van der Waals surface area contributed by atoms with E-state index in [1.54, 1.807) is 0 Å². The van der Waals surface area contributed by atoms with E-state index in [2.05, 4.69) is 0 Å². The number of carboxylic acids is 2. The van der Waals surface area contributed by atoms with Gasteiger partial charge in [-0.25, -0.2) is 4.79 Å². The number of hydrogen-bond acceptors (Lipinski definition) is 4. The number of carboxylic acid groups (broad SMARTS) is 2. The van der Waals surface area contributed by atoms with E-state index in [0.717, 1.165) is 12.0 Å². The molecule has 0 radical (unpaired) electrons. The van der Waals surface area contributed by atoms with Crippen LogP contribution in [0.3, 0.4) is 0 Å². The molecule has 23 heavy (non-hydrogen) atoms. The predicted molar refractivity (Wildman–Crippen MR) is 83.5 cm³/mol. The van der Waals surface area contributed by atoms with Crippen LogP contribution in [-0.2, 0) is 25.1 Å². The first kappa shape index (κ1) is 19.4. The molecule has 0 fully saturated rings. The molecular formula is C15H21O7P. The number of hydrogen-bond donors (Lipinski definition) is 3. The van der Waals surface area contributed by atoms with E-state index in [1.165, 1.54) is 0 Å². The van der Waals surface area contributed by atoms with Gasteiger partial charge in [0.2, 0.25) is 0 Å². The Kier molecular flexibility index (Phi) is 7.95. The summed E-state index contributed by atoms with van der Waals surface area (Å²) in [5, 5.41) is 17.5. The van der Waals surface area contributed by atoms with Gasteiger partial charge >= 0.3 is 19.5 Å². The second-order valence-electron chi connectivity index (χ2n) is 5.17. The van der Waals surface area contributed by atoms with Crippen molar-refractivity contribution in [3.63, 3.8) is 0 Å². The molecule has 0 aromatic heterocycles. The molecule has 0 aliphatic rings. The van der Waals surface area contributed by atoms with Crippen LogP contribution in [-0.4, -0.2) is 39.3 Å². The van der Waals surface area contributed by atoms with Gasteiger partial charge in [-0.2, -0.15) is 0 Å². The summed E-state index contributed by atoms with van der Waals surface area (Å²) in [4.78, 5) is 31.1. The van der Waals surface area contributed by atoms with Crippen molar-refractivity contribution in [2.24, 2.45) is 0 Å². The Morgan fingerprint density at radius 1 is 1.13 bits per heavy atom. The second kappa shape index (κ2) is 9.45. The number of aliphatic carboxylic acids is 2. The predicted octanol–water partition coefficient (Wildman–Crippen LogP) is 2.53. The van der Waals surface area contributed by atoms with Crippen LogP contribution in [0.5, 0.6) is 0 Å². The average molecular weight is 344 g/mol. The van der Waals surface area contributed by atoms with Gasteiger partial charge in [0.25, 0.3) is 0 Å². The first-order chi connectivity index (χ1) is 10.8. The Hall–Kier alpha value is -1.69. The maximum absolute atomic E-state index is 11.9. The summed E-state index contributed by atoms with van der Waals surface area (Å²) >= 11 is 0. The minimum atomic E-state index is -4.06. The maximum atomic E-state index is 11.9. The summed E-state index contributed by atoms with van der Waals surface area (Å²) in [7, 11) is -4.06. The summed E-state index contributed by atoms with van der Waals surface area (Å²) in [5.74, 6) is -2.62. The van der Waals surface area contributed by atoms with E-state index >= 15 is 0 Å². The van der Waals surface area contributed by atoms with E-state index in [4.69, 9.17) is 14.7 Å². The number of rotatable bonds is 11. The molecule has 0 bridgehead atoms. The summed E-state index contributed by atoms with van der Waals surface area (Å²) in [5.41, 5.74) is 1.12. The topological polar surface area (TPSA) is 121 Å². The highest BCUT2D eigenvalue weighted by Gasteiger charge is 2.29. The Morgan fingerprint density at radius 2 is 1.78 bits per heavy atom. The fourth-order valence-corrected chi connectivity index (χ4v) is 3.33. The van der Waals surface area contributed by atoms with Gasteiger partial charge in [0, 0.05) is 6.42 Å². The highest BCUT2D eigenvalue weighted by molar-refractivity contribution is 7.52.